The van der Waals surface area contributed by atoms with Crippen LogP contribution in [0.2, 0.25) is 0 Å². The molecule has 1 aliphatic rings. The van der Waals surface area contributed by atoms with Gasteiger partial charge in [0, 0.05) is 5.69 Å². The molecule has 0 aliphatic carbocycles. The highest BCUT2D eigenvalue weighted by molar-refractivity contribution is 5.92. The molecule has 0 saturated carbocycles. The van der Waals surface area contributed by atoms with Crippen LogP contribution in [0.5, 0.6) is 17.2 Å². The summed E-state index contributed by atoms with van der Waals surface area (Å²) in [6.45, 7) is 0.895. The topological polar surface area (TPSA) is 89.1 Å². The summed E-state index contributed by atoms with van der Waals surface area (Å²) in [6, 6.07) is 14.5. The molecule has 0 aromatic heterocycles. The molecule has 0 bridgehead atoms. The summed E-state index contributed by atoms with van der Waals surface area (Å²) in [5.41, 5.74) is 0.670. The smallest absolute Gasteiger partial charge is 0.238 e. The molecular weight excluding hydrogens is 374 g/mol. The first-order valence-electron chi connectivity index (χ1n) is 9.31. The van der Waals surface area contributed by atoms with Crippen molar-refractivity contribution in [2.45, 2.75) is 6.10 Å². The summed E-state index contributed by atoms with van der Waals surface area (Å²) in [7, 11) is 3.30. The Morgan fingerprint density at radius 1 is 1.07 bits per heavy atom. The Bertz CT molecular complexity index is 840. The molecule has 2 aromatic carbocycles. The summed E-state index contributed by atoms with van der Waals surface area (Å²) in [5.74, 6) is 1.70. The van der Waals surface area contributed by atoms with E-state index in [1.54, 1.807) is 43.3 Å². The van der Waals surface area contributed by atoms with Crippen LogP contribution in [-0.2, 0) is 9.59 Å². The Hall–Kier alpha value is -3.26. The highest BCUT2D eigenvalue weighted by atomic mass is 16.6. The van der Waals surface area contributed by atoms with Crippen molar-refractivity contribution in [2.75, 3.05) is 45.7 Å². The van der Waals surface area contributed by atoms with Gasteiger partial charge in [-0.3, -0.25) is 14.5 Å². The minimum absolute atomic E-state index is 0.0931. The van der Waals surface area contributed by atoms with Gasteiger partial charge in [0.15, 0.2) is 11.5 Å². The van der Waals surface area contributed by atoms with Crippen LogP contribution in [0.25, 0.3) is 0 Å². The van der Waals surface area contributed by atoms with Gasteiger partial charge in [0.05, 0.1) is 26.7 Å². The van der Waals surface area contributed by atoms with E-state index in [1.807, 2.05) is 24.3 Å². The van der Waals surface area contributed by atoms with E-state index in [0.29, 0.717) is 36.1 Å². The van der Waals surface area contributed by atoms with Crippen molar-refractivity contribution in [3.63, 3.8) is 0 Å². The Kier molecular flexibility index (Phi) is 6.91. The number of amides is 2. The number of hydrogen-bond acceptors (Lipinski definition) is 6. The lowest BCUT2D eigenvalue weighted by molar-refractivity contribution is -0.123. The summed E-state index contributed by atoms with van der Waals surface area (Å²) in [5, 5.41) is 5.60. The van der Waals surface area contributed by atoms with Crippen LogP contribution in [0.3, 0.4) is 0 Å². The first-order chi connectivity index (χ1) is 14.0. The summed E-state index contributed by atoms with van der Waals surface area (Å²) >= 11 is 0. The summed E-state index contributed by atoms with van der Waals surface area (Å²) in [4.78, 5) is 25.9. The van der Waals surface area contributed by atoms with Gasteiger partial charge in [-0.1, -0.05) is 12.1 Å². The summed E-state index contributed by atoms with van der Waals surface area (Å²) in [6.07, 6.45) is -0.252. The summed E-state index contributed by atoms with van der Waals surface area (Å²) < 4.78 is 16.5. The maximum absolute atomic E-state index is 12.2. The fourth-order valence-corrected chi connectivity index (χ4v) is 2.87. The van der Waals surface area contributed by atoms with Crippen molar-refractivity contribution in [3.05, 3.63) is 48.5 Å². The lowest BCUT2D eigenvalue weighted by atomic mass is 10.2. The zero-order valence-electron chi connectivity index (χ0n) is 16.5. The number of hydrogen-bond donors (Lipinski definition) is 2. The number of rotatable bonds is 8. The molecule has 2 aromatic rings. The second kappa shape index (κ2) is 9.79. The number of anilines is 1. The number of fused-ring (bicyclic) bond motifs is 1. The Morgan fingerprint density at radius 3 is 2.48 bits per heavy atom. The molecule has 1 atom stereocenters. The number of carbonyl (C=O) groups excluding carboxylic acids is 2. The van der Waals surface area contributed by atoms with Gasteiger partial charge in [0.1, 0.15) is 18.5 Å². The number of para-hydroxylation sites is 2. The average molecular weight is 399 g/mol. The van der Waals surface area contributed by atoms with Crippen LogP contribution in [0.4, 0.5) is 5.69 Å². The second-order valence-electron chi connectivity index (χ2n) is 6.75. The SMILES string of the molecule is COc1ccc(NC(=O)CN(C)CC(=O)NC[C@@H]2COc3ccccc3O2)cc1. The molecule has 8 heteroatoms. The van der Waals surface area contributed by atoms with Crippen molar-refractivity contribution in [3.8, 4) is 17.2 Å². The Morgan fingerprint density at radius 2 is 1.76 bits per heavy atom. The molecule has 3 rings (SSSR count). The Balaban J connectivity index is 1.37. The van der Waals surface area contributed by atoms with E-state index in [0.717, 1.165) is 0 Å². The first kappa shape index (κ1) is 20.5. The van der Waals surface area contributed by atoms with E-state index < -0.39 is 0 Å². The van der Waals surface area contributed by atoms with Crippen LogP contribution in [0, 0.1) is 0 Å². The van der Waals surface area contributed by atoms with E-state index in [4.69, 9.17) is 14.2 Å². The molecule has 0 radical (unpaired) electrons. The molecule has 1 aliphatic heterocycles. The van der Waals surface area contributed by atoms with Gasteiger partial charge < -0.3 is 24.8 Å². The van der Waals surface area contributed by atoms with Crippen molar-refractivity contribution in [1.82, 2.24) is 10.2 Å². The number of nitrogens with zero attached hydrogens (tertiary/aromatic N) is 1. The standard InChI is InChI=1S/C21H25N3O5/c1-24(13-21(26)23-15-7-9-16(27-2)10-8-15)12-20(25)22-11-17-14-28-18-5-3-4-6-19(18)29-17/h3-10,17H,11-14H2,1-2H3,(H,22,25)(H,23,26)/t17-/m1/s1. The Labute approximate surface area is 169 Å². The molecule has 154 valence electrons. The first-order valence-corrected chi connectivity index (χ1v) is 9.31. The average Bonchev–Trinajstić information content (AvgIpc) is 2.72. The van der Waals surface area contributed by atoms with Crippen LogP contribution in [-0.4, -0.2) is 63.2 Å². The largest absolute Gasteiger partial charge is 0.497 e. The third-order valence-corrected chi connectivity index (χ3v) is 4.30. The van der Waals surface area contributed by atoms with E-state index in [2.05, 4.69) is 10.6 Å². The van der Waals surface area contributed by atoms with Gasteiger partial charge in [0.25, 0.3) is 0 Å². The maximum atomic E-state index is 12.2. The van der Waals surface area contributed by atoms with Crippen molar-refractivity contribution in [1.29, 1.82) is 0 Å². The zero-order chi connectivity index (χ0) is 20.6. The lowest BCUT2D eigenvalue weighted by Crippen LogP contribution is -2.44. The highest BCUT2D eigenvalue weighted by Gasteiger charge is 2.21. The van der Waals surface area contributed by atoms with Crippen LogP contribution in [0.15, 0.2) is 48.5 Å². The highest BCUT2D eigenvalue weighted by Crippen LogP contribution is 2.30. The second-order valence-corrected chi connectivity index (χ2v) is 6.75. The molecule has 0 spiro atoms. The molecule has 0 fully saturated rings. The molecule has 0 unspecified atom stereocenters. The fourth-order valence-electron chi connectivity index (χ4n) is 2.87. The van der Waals surface area contributed by atoms with Gasteiger partial charge >= 0.3 is 0 Å². The van der Waals surface area contributed by atoms with E-state index in [-0.39, 0.29) is 31.0 Å². The minimum Gasteiger partial charge on any atom is -0.497 e. The molecule has 8 nitrogen and oxygen atoms in total. The van der Waals surface area contributed by atoms with Gasteiger partial charge in [-0.05, 0) is 43.4 Å². The maximum Gasteiger partial charge on any atom is 0.238 e. The molecule has 1 heterocycles. The number of nitrogens with one attached hydrogen (secondary N) is 2. The normalized spacial score (nSPS) is 14.9. The third-order valence-electron chi connectivity index (χ3n) is 4.30. The van der Waals surface area contributed by atoms with Crippen molar-refractivity contribution < 1.29 is 23.8 Å². The quantitative estimate of drug-likeness (QED) is 0.700. The number of carbonyl (C=O) groups is 2. The molecular formula is C21H25N3O5. The van der Waals surface area contributed by atoms with E-state index in [9.17, 15) is 9.59 Å². The van der Waals surface area contributed by atoms with Gasteiger partial charge in [-0.25, -0.2) is 0 Å². The molecule has 2 N–H and O–H groups in total. The van der Waals surface area contributed by atoms with Gasteiger partial charge in [-0.15, -0.1) is 0 Å². The third kappa shape index (κ3) is 6.11. The number of methoxy groups -OCH3 is 1. The lowest BCUT2D eigenvalue weighted by Gasteiger charge is -2.26. The predicted molar refractivity (Wildman–Crippen MR) is 108 cm³/mol. The molecule has 29 heavy (non-hydrogen) atoms. The monoisotopic (exact) mass is 399 g/mol. The van der Waals surface area contributed by atoms with Crippen molar-refractivity contribution in [2.24, 2.45) is 0 Å². The number of ether oxygens (including phenoxy) is 3. The van der Waals surface area contributed by atoms with Crippen molar-refractivity contribution >= 4 is 17.5 Å². The van der Waals surface area contributed by atoms with Gasteiger partial charge in [0.2, 0.25) is 11.8 Å². The number of benzene rings is 2. The molecule has 0 saturated heterocycles. The number of likely N-dealkylation sites (N-methyl/N-ethyl adjacent to an activating group) is 1. The van der Waals surface area contributed by atoms with E-state index in [1.165, 1.54) is 0 Å². The van der Waals surface area contributed by atoms with Crippen LogP contribution >= 0.6 is 0 Å². The molecule has 2 amide bonds. The van der Waals surface area contributed by atoms with Crippen LogP contribution < -0.4 is 24.8 Å². The van der Waals surface area contributed by atoms with Gasteiger partial charge in [-0.2, -0.15) is 0 Å². The predicted octanol–water partition coefficient (Wildman–Crippen LogP) is 1.52. The fraction of sp³-hybridized carbons (Fsp3) is 0.333. The zero-order valence-corrected chi connectivity index (χ0v) is 16.5. The van der Waals surface area contributed by atoms with Crippen LogP contribution in [0.1, 0.15) is 0 Å². The minimum atomic E-state index is -0.252. The van der Waals surface area contributed by atoms with E-state index >= 15 is 0 Å².